The van der Waals surface area contributed by atoms with E-state index in [1.54, 1.807) is 57.2 Å². The Hall–Kier alpha value is -2.93. The number of halogens is 2. The fraction of sp³-hybridized carbons (Fsp3) is 0.250. The molecular weight excluding hydrogens is 467 g/mol. The molecule has 0 fully saturated rings. The van der Waals surface area contributed by atoms with Crippen LogP contribution in [0.25, 0.3) is 11.1 Å². The third kappa shape index (κ3) is 5.41. The smallest absolute Gasteiger partial charge is 0.374 e. The van der Waals surface area contributed by atoms with Gasteiger partial charge in [-0.3, -0.25) is 0 Å². The van der Waals surface area contributed by atoms with E-state index in [4.69, 9.17) is 9.15 Å². The lowest BCUT2D eigenvalue weighted by atomic mass is 9.97. The summed E-state index contributed by atoms with van der Waals surface area (Å²) in [7, 11) is 1.26. The minimum absolute atomic E-state index is 0.0349. The van der Waals surface area contributed by atoms with Crippen LogP contribution in [-0.2, 0) is 15.9 Å². The summed E-state index contributed by atoms with van der Waals surface area (Å²) in [6, 6.07) is 13.2. The Bertz CT molecular complexity index is 1130. The molecule has 3 rings (SSSR count). The first kappa shape index (κ1) is 22.7. The summed E-state index contributed by atoms with van der Waals surface area (Å²) >= 11 is 3.25. The fourth-order valence-corrected chi connectivity index (χ4v) is 3.47. The van der Waals surface area contributed by atoms with Gasteiger partial charge in [-0.05, 0) is 71.6 Å². The van der Waals surface area contributed by atoms with E-state index in [9.17, 15) is 14.0 Å². The number of rotatable bonds is 5. The number of methoxy groups -OCH3 is 1. The van der Waals surface area contributed by atoms with Crippen molar-refractivity contribution in [2.45, 2.75) is 32.8 Å². The third-order valence-corrected chi connectivity index (χ3v) is 5.11. The zero-order valence-electron chi connectivity index (χ0n) is 17.6. The molecule has 0 aliphatic heterocycles. The Balaban J connectivity index is 1.90. The molecule has 3 aromatic rings. The summed E-state index contributed by atoms with van der Waals surface area (Å²) < 4.78 is 30.7. The van der Waals surface area contributed by atoms with Gasteiger partial charge in [0, 0.05) is 12.0 Å². The Kier molecular flexibility index (Phi) is 6.65. The fourth-order valence-electron chi connectivity index (χ4n) is 3.04. The van der Waals surface area contributed by atoms with Gasteiger partial charge >= 0.3 is 11.9 Å². The second-order valence-corrected chi connectivity index (χ2v) is 8.65. The molecule has 0 N–H and O–H groups in total. The van der Waals surface area contributed by atoms with Gasteiger partial charge in [-0.2, -0.15) is 0 Å². The van der Waals surface area contributed by atoms with E-state index >= 15 is 0 Å². The first-order valence-electron chi connectivity index (χ1n) is 9.56. The molecule has 1 heterocycles. The Morgan fingerprint density at radius 3 is 2.39 bits per heavy atom. The van der Waals surface area contributed by atoms with Gasteiger partial charge in [0.1, 0.15) is 11.4 Å². The van der Waals surface area contributed by atoms with E-state index in [0.717, 1.165) is 0 Å². The molecule has 2 aromatic carbocycles. The van der Waals surface area contributed by atoms with Crippen LogP contribution in [0.2, 0.25) is 0 Å². The molecule has 0 atom stereocenters. The number of carbonyl (C=O) groups excluding carboxylic acids is 2. The highest BCUT2D eigenvalue weighted by Gasteiger charge is 2.21. The molecule has 0 bridgehead atoms. The highest BCUT2D eigenvalue weighted by atomic mass is 79.9. The summed E-state index contributed by atoms with van der Waals surface area (Å²) in [5, 5.41) is 0. The van der Waals surface area contributed by atoms with Crippen LogP contribution < -0.4 is 0 Å². The molecule has 0 radical (unpaired) electrons. The van der Waals surface area contributed by atoms with Crippen molar-refractivity contribution >= 4 is 27.9 Å². The predicted octanol–water partition coefficient (Wildman–Crippen LogP) is 6.18. The van der Waals surface area contributed by atoms with E-state index in [1.807, 2.05) is 0 Å². The SMILES string of the molecule is COC(=O)c1cc(Cc2ccc(-c3ccccc3C(=O)OC(C)(C)C)cc2F)c(Br)o1. The van der Waals surface area contributed by atoms with E-state index in [1.165, 1.54) is 19.2 Å². The second kappa shape index (κ2) is 9.06. The molecule has 5 nitrogen and oxygen atoms in total. The molecule has 7 heteroatoms. The maximum atomic E-state index is 14.9. The van der Waals surface area contributed by atoms with Crippen molar-refractivity contribution in [3.63, 3.8) is 0 Å². The van der Waals surface area contributed by atoms with Crippen LogP contribution >= 0.6 is 15.9 Å². The number of esters is 2. The molecule has 0 saturated carbocycles. The Morgan fingerprint density at radius 1 is 1.03 bits per heavy atom. The second-order valence-electron chi connectivity index (χ2n) is 7.93. The van der Waals surface area contributed by atoms with Crippen LogP contribution in [0.15, 0.2) is 57.6 Å². The standard InChI is InChI=1S/C24H22BrFO5/c1-24(2,3)31-22(27)18-8-6-5-7-17(18)14-9-10-15(19(26)12-14)11-16-13-20(23(28)29-4)30-21(16)25/h5-10,12-13H,11H2,1-4H3. The van der Waals surface area contributed by atoms with E-state index < -0.39 is 23.4 Å². The maximum Gasteiger partial charge on any atom is 0.374 e. The normalized spacial score (nSPS) is 11.3. The van der Waals surface area contributed by atoms with Gasteiger partial charge in [-0.25, -0.2) is 14.0 Å². The van der Waals surface area contributed by atoms with E-state index in [-0.39, 0.29) is 12.2 Å². The minimum Gasteiger partial charge on any atom is -0.463 e. The first-order chi connectivity index (χ1) is 14.6. The number of benzene rings is 2. The molecule has 0 unspecified atom stereocenters. The summed E-state index contributed by atoms with van der Waals surface area (Å²) in [6.45, 7) is 5.38. The molecular formula is C24H22BrFO5. The molecule has 31 heavy (non-hydrogen) atoms. The van der Waals surface area contributed by atoms with Crippen molar-refractivity contribution in [3.8, 4) is 11.1 Å². The van der Waals surface area contributed by atoms with Crippen LogP contribution in [0.4, 0.5) is 4.39 Å². The Labute approximate surface area is 188 Å². The number of ether oxygens (including phenoxy) is 2. The van der Waals surface area contributed by atoms with Crippen molar-refractivity contribution in [2.24, 2.45) is 0 Å². The lowest BCUT2D eigenvalue weighted by Crippen LogP contribution is -2.24. The third-order valence-electron chi connectivity index (χ3n) is 4.43. The van der Waals surface area contributed by atoms with Crippen LogP contribution in [0.3, 0.4) is 0 Å². The maximum absolute atomic E-state index is 14.9. The van der Waals surface area contributed by atoms with Crippen LogP contribution in [0, 0.1) is 5.82 Å². The van der Waals surface area contributed by atoms with Gasteiger partial charge in [0.15, 0.2) is 4.67 Å². The van der Waals surface area contributed by atoms with Crippen molar-refractivity contribution in [1.82, 2.24) is 0 Å². The number of hydrogen-bond donors (Lipinski definition) is 0. The minimum atomic E-state index is -0.639. The average Bonchev–Trinajstić information content (AvgIpc) is 3.08. The van der Waals surface area contributed by atoms with Crippen LogP contribution in [0.5, 0.6) is 0 Å². The van der Waals surface area contributed by atoms with Crippen LogP contribution in [0.1, 0.15) is 52.8 Å². The van der Waals surface area contributed by atoms with Gasteiger partial charge in [-0.15, -0.1) is 0 Å². The summed E-state index contributed by atoms with van der Waals surface area (Å²) in [6.07, 6.45) is 0.209. The first-order valence-corrected chi connectivity index (χ1v) is 10.4. The van der Waals surface area contributed by atoms with Gasteiger partial charge in [0.25, 0.3) is 0 Å². The van der Waals surface area contributed by atoms with Crippen molar-refractivity contribution in [1.29, 1.82) is 0 Å². The lowest BCUT2D eigenvalue weighted by Gasteiger charge is -2.20. The summed E-state index contributed by atoms with van der Waals surface area (Å²) in [5.41, 5.74) is 1.90. The molecule has 0 amide bonds. The summed E-state index contributed by atoms with van der Waals surface area (Å²) in [5.74, 6) is -1.48. The highest BCUT2D eigenvalue weighted by molar-refractivity contribution is 9.10. The zero-order chi connectivity index (χ0) is 22.8. The van der Waals surface area contributed by atoms with Gasteiger partial charge < -0.3 is 13.9 Å². The molecule has 0 saturated heterocycles. The summed E-state index contributed by atoms with van der Waals surface area (Å²) in [4.78, 5) is 24.2. The zero-order valence-corrected chi connectivity index (χ0v) is 19.2. The average molecular weight is 489 g/mol. The molecule has 1 aromatic heterocycles. The monoisotopic (exact) mass is 488 g/mol. The van der Waals surface area contributed by atoms with Crippen molar-refractivity contribution < 1.29 is 27.9 Å². The topological polar surface area (TPSA) is 65.7 Å². The van der Waals surface area contributed by atoms with E-state index in [0.29, 0.717) is 32.5 Å². The van der Waals surface area contributed by atoms with Gasteiger partial charge in [0.2, 0.25) is 5.76 Å². The molecule has 0 spiro atoms. The van der Waals surface area contributed by atoms with Gasteiger partial charge in [-0.1, -0.05) is 30.3 Å². The van der Waals surface area contributed by atoms with Crippen LogP contribution in [-0.4, -0.2) is 24.6 Å². The van der Waals surface area contributed by atoms with Crippen molar-refractivity contribution in [2.75, 3.05) is 7.11 Å². The number of carbonyl (C=O) groups is 2. The highest BCUT2D eigenvalue weighted by Crippen LogP contribution is 2.30. The molecule has 162 valence electrons. The Morgan fingerprint density at radius 2 is 1.74 bits per heavy atom. The van der Waals surface area contributed by atoms with E-state index in [2.05, 4.69) is 20.7 Å². The van der Waals surface area contributed by atoms with Gasteiger partial charge in [0.05, 0.1) is 12.7 Å². The predicted molar refractivity (Wildman–Crippen MR) is 118 cm³/mol. The number of furan rings is 1. The number of hydrogen-bond acceptors (Lipinski definition) is 5. The largest absolute Gasteiger partial charge is 0.463 e. The molecule has 0 aliphatic carbocycles. The lowest BCUT2D eigenvalue weighted by molar-refractivity contribution is 0.00702. The quantitative estimate of drug-likeness (QED) is 0.401. The molecule has 0 aliphatic rings. The van der Waals surface area contributed by atoms with Crippen molar-refractivity contribution in [3.05, 3.63) is 81.5 Å².